The number of hydrogen-bond donors (Lipinski definition) is 1. The van der Waals surface area contributed by atoms with Gasteiger partial charge in [0.25, 0.3) is 0 Å². The third-order valence-corrected chi connectivity index (χ3v) is 3.60. The fourth-order valence-corrected chi connectivity index (χ4v) is 2.23. The lowest BCUT2D eigenvalue weighted by molar-refractivity contribution is -0.116. The van der Waals surface area contributed by atoms with Gasteiger partial charge in [-0.15, -0.1) is 10.2 Å². The number of anilines is 1. The molecule has 0 spiro atoms. The van der Waals surface area contributed by atoms with E-state index in [1.807, 2.05) is 0 Å². The highest BCUT2D eigenvalue weighted by molar-refractivity contribution is 6.30. The molecule has 0 bridgehead atoms. The van der Waals surface area contributed by atoms with Crippen molar-refractivity contribution in [3.63, 3.8) is 0 Å². The number of benzene rings is 2. The van der Waals surface area contributed by atoms with Crippen molar-refractivity contribution in [1.82, 2.24) is 10.2 Å². The second-order valence-corrected chi connectivity index (χ2v) is 5.59. The molecule has 1 aromatic heterocycles. The van der Waals surface area contributed by atoms with E-state index in [4.69, 9.17) is 16.0 Å². The Labute approximate surface area is 146 Å². The minimum atomic E-state index is -0.837. The summed E-state index contributed by atoms with van der Waals surface area (Å²) in [6.07, 6.45) is 0.0819. The monoisotopic (exact) mass is 363 g/mol. The number of halogens is 3. The third kappa shape index (κ3) is 4.19. The highest BCUT2D eigenvalue weighted by atomic mass is 35.5. The van der Waals surface area contributed by atoms with Crippen LogP contribution in [-0.2, 0) is 11.2 Å². The van der Waals surface area contributed by atoms with Crippen molar-refractivity contribution in [2.24, 2.45) is 0 Å². The molecule has 3 aromatic rings. The van der Waals surface area contributed by atoms with Crippen LogP contribution in [-0.4, -0.2) is 16.1 Å². The molecule has 0 atom stereocenters. The zero-order chi connectivity index (χ0) is 17.8. The summed E-state index contributed by atoms with van der Waals surface area (Å²) in [6.45, 7) is 0. The van der Waals surface area contributed by atoms with Gasteiger partial charge in [0.05, 0.1) is 0 Å². The Balaban J connectivity index is 1.60. The first-order valence-electron chi connectivity index (χ1n) is 7.35. The molecule has 128 valence electrons. The summed E-state index contributed by atoms with van der Waals surface area (Å²) in [5, 5.41) is 10.5. The first-order valence-corrected chi connectivity index (χ1v) is 7.73. The lowest BCUT2D eigenvalue weighted by Crippen LogP contribution is -2.14. The molecular weight excluding hydrogens is 352 g/mol. The number of carbonyl (C=O) groups excluding carboxylic acids is 1. The molecule has 2 aromatic carbocycles. The largest absolute Gasteiger partial charge is 0.421 e. The maximum atomic E-state index is 13.5. The number of aryl methyl sites for hydroxylation is 1. The number of para-hydroxylation sites is 1. The number of hydrogen-bond acceptors (Lipinski definition) is 4. The maximum absolute atomic E-state index is 13.5. The summed E-state index contributed by atoms with van der Waals surface area (Å²) in [7, 11) is 0. The molecule has 25 heavy (non-hydrogen) atoms. The fourth-order valence-electron chi connectivity index (χ4n) is 2.10. The summed E-state index contributed by atoms with van der Waals surface area (Å²) in [5.41, 5.74) is 0.223. The van der Waals surface area contributed by atoms with Crippen molar-refractivity contribution in [2.45, 2.75) is 12.8 Å². The maximum Gasteiger partial charge on any atom is 0.247 e. The summed E-state index contributed by atoms with van der Waals surface area (Å²) in [4.78, 5) is 11.9. The van der Waals surface area contributed by atoms with E-state index in [1.165, 1.54) is 6.07 Å². The van der Waals surface area contributed by atoms with Gasteiger partial charge in [-0.1, -0.05) is 17.7 Å². The SMILES string of the molecule is O=C(CCc1nnc(-c2ccc(Cl)cc2)o1)Nc1c(F)cccc1F. The normalized spacial score (nSPS) is 10.7. The number of carbonyl (C=O) groups is 1. The average Bonchev–Trinajstić information content (AvgIpc) is 3.06. The highest BCUT2D eigenvalue weighted by Gasteiger charge is 2.14. The molecule has 0 unspecified atom stereocenters. The first kappa shape index (κ1) is 17.0. The number of nitrogens with zero attached hydrogens (tertiary/aromatic N) is 2. The molecule has 1 amide bonds. The topological polar surface area (TPSA) is 68.0 Å². The van der Waals surface area contributed by atoms with Crippen molar-refractivity contribution < 1.29 is 18.0 Å². The van der Waals surface area contributed by atoms with Crippen LogP contribution < -0.4 is 5.32 Å². The zero-order valence-electron chi connectivity index (χ0n) is 12.8. The Bertz CT molecular complexity index is 877. The minimum absolute atomic E-state index is 0.0595. The van der Waals surface area contributed by atoms with E-state index in [2.05, 4.69) is 15.5 Å². The number of nitrogens with one attached hydrogen (secondary N) is 1. The second kappa shape index (κ2) is 7.40. The van der Waals surface area contributed by atoms with Crippen LogP contribution in [0.5, 0.6) is 0 Å². The fraction of sp³-hybridized carbons (Fsp3) is 0.118. The zero-order valence-corrected chi connectivity index (χ0v) is 13.6. The van der Waals surface area contributed by atoms with E-state index in [9.17, 15) is 13.6 Å². The molecule has 0 radical (unpaired) electrons. The van der Waals surface area contributed by atoms with Gasteiger partial charge in [0.1, 0.15) is 17.3 Å². The summed E-state index contributed by atoms with van der Waals surface area (Å²) in [5.74, 6) is -1.69. The number of aromatic nitrogens is 2. The van der Waals surface area contributed by atoms with E-state index < -0.39 is 23.2 Å². The number of rotatable bonds is 5. The van der Waals surface area contributed by atoms with Crippen molar-refractivity contribution in [2.75, 3.05) is 5.32 Å². The van der Waals surface area contributed by atoms with Crippen LogP contribution in [0.15, 0.2) is 46.9 Å². The molecule has 8 heteroatoms. The van der Waals surface area contributed by atoms with E-state index in [1.54, 1.807) is 24.3 Å². The standard InChI is InChI=1S/C17H12ClF2N3O2/c18-11-6-4-10(5-7-11)17-23-22-15(25-17)9-8-14(24)21-16-12(19)2-1-3-13(16)20/h1-7H,8-9H2,(H,21,24). The molecule has 0 aliphatic rings. The molecule has 0 aliphatic carbocycles. The number of amides is 1. The summed E-state index contributed by atoms with van der Waals surface area (Å²) in [6, 6.07) is 10.2. The lowest BCUT2D eigenvalue weighted by Gasteiger charge is -2.06. The van der Waals surface area contributed by atoms with E-state index in [0.29, 0.717) is 16.5 Å². The van der Waals surface area contributed by atoms with Gasteiger partial charge in [0.15, 0.2) is 0 Å². The minimum Gasteiger partial charge on any atom is -0.421 e. The van der Waals surface area contributed by atoms with Gasteiger partial charge >= 0.3 is 0 Å². The van der Waals surface area contributed by atoms with E-state index >= 15 is 0 Å². The predicted molar refractivity (Wildman–Crippen MR) is 88.1 cm³/mol. The molecule has 5 nitrogen and oxygen atoms in total. The molecular formula is C17H12ClF2N3O2. The van der Waals surface area contributed by atoms with E-state index in [-0.39, 0.29) is 18.7 Å². The molecule has 0 fully saturated rings. The van der Waals surface area contributed by atoms with Crippen LogP contribution in [0.25, 0.3) is 11.5 Å². The summed E-state index contributed by atoms with van der Waals surface area (Å²) >= 11 is 5.81. The molecule has 0 saturated heterocycles. The van der Waals surface area contributed by atoms with Crippen LogP contribution in [0.2, 0.25) is 5.02 Å². The first-order chi connectivity index (χ1) is 12.0. The van der Waals surface area contributed by atoms with Gasteiger partial charge in [-0.2, -0.15) is 0 Å². The second-order valence-electron chi connectivity index (χ2n) is 5.15. The van der Waals surface area contributed by atoms with Crippen LogP contribution in [0.3, 0.4) is 0 Å². The summed E-state index contributed by atoms with van der Waals surface area (Å²) < 4.78 is 32.4. The van der Waals surface area contributed by atoms with E-state index in [0.717, 1.165) is 12.1 Å². The van der Waals surface area contributed by atoms with Gasteiger partial charge in [0.2, 0.25) is 17.7 Å². The molecule has 1 N–H and O–H groups in total. The van der Waals surface area contributed by atoms with Crippen molar-refractivity contribution in [3.8, 4) is 11.5 Å². The molecule has 0 saturated carbocycles. The van der Waals surface area contributed by atoms with Crippen LogP contribution in [0, 0.1) is 11.6 Å². The quantitative estimate of drug-likeness (QED) is 0.736. The van der Waals surface area contributed by atoms with Crippen molar-refractivity contribution in [3.05, 3.63) is 65.0 Å². The molecule has 1 heterocycles. The van der Waals surface area contributed by atoms with Gasteiger partial charge in [-0.05, 0) is 36.4 Å². The third-order valence-electron chi connectivity index (χ3n) is 3.35. The van der Waals surface area contributed by atoms with Crippen LogP contribution in [0.1, 0.15) is 12.3 Å². The molecule has 0 aliphatic heterocycles. The predicted octanol–water partition coefficient (Wildman–Crippen LogP) is 4.24. The molecule has 3 rings (SSSR count). The van der Waals surface area contributed by atoms with Gasteiger partial charge < -0.3 is 9.73 Å². The Hall–Kier alpha value is -2.80. The van der Waals surface area contributed by atoms with Crippen molar-refractivity contribution >= 4 is 23.2 Å². The Morgan fingerprint density at radius 3 is 2.44 bits per heavy atom. The average molecular weight is 364 g/mol. The Morgan fingerprint density at radius 2 is 1.76 bits per heavy atom. The van der Waals surface area contributed by atoms with Gasteiger partial charge in [-0.25, -0.2) is 8.78 Å². The Kier molecular flexibility index (Phi) is 5.04. The highest BCUT2D eigenvalue weighted by Crippen LogP contribution is 2.21. The van der Waals surface area contributed by atoms with Crippen molar-refractivity contribution in [1.29, 1.82) is 0 Å². The van der Waals surface area contributed by atoms with Crippen LogP contribution >= 0.6 is 11.6 Å². The smallest absolute Gasteiger partial charge is 0.247 e. The van der Waals surface area contributed by atoms with Gasteiger partial charge in [-0.3, -0.25) is 4.79 Å². The van der Waals surface area contributed by atoms with Crippen LogP contribution in [0.4, 0.5) is 14.5 Å². The Morgan fingerprint density at radius 1 is 1.08 bits per heavy atom. The van der Waals surface area contributed by atoms with Gasteiger partial charge in [0, 0.05) is 23.4 Å². The lowest BCUT2D eigenvalue weighted by atomic mass is 10.2.